The summed E-state index contributed by atoms with van der Waals surface area (Å²) in [5, 5.41) is 9.87. The van der Waals surface area contributed by atoms with Crippen molar-refractivity contribution < 1.29 is 23.5 Å². The fourth-order valence-corrected chi connectivity index (χ4v) is 2.24. The molecule has 2 aromatic rings. The average Bonchev–Trinajstić information content (AvgIpc) is 3.16. The molecule has 1 aliphatic heterocycles. The van der Waals surface area contributed by atoms with E-state index in [2.05, 4.69) is 15.5 Å². The van der Waals surface area contributed by atoms with E-state index < -0.39 is 5.91 Å². The lowest BCUT2D eigenvalue weighted by molar-refractivity contribution is -0.139. The van der Waals surface area contributed by atoms with Crippen molar-refractivity contribution in [3.63, 3.8) is 0 Å². The van der Waals surface area contributed by atoms with Gasteiger partial charge in [0.2, 0.25) is 17.7 Å². The summed E-state index contributed by atoms with van der Waals surface area (Å²) < 4.78 is 10.3. The van der Waals surface area contributed by atoms with Gasteiger partial charge >= 0.3 is 6.01 Å². The van der Waals surface area contributed by atoms with Crippen LogP contribution in [0.1, 0.15) is 29.1 Å². The highest BCUT2D eigenvalue weighted by atomic mass is 16.5. The van der Waals surface area contributed by atoms with Crippen LogP contribution in [0.4, 0.5) is 6.01 Å². The maximum absolute atomic E-state index is 12.1. The van der Waals surface area contributed by atoms with E-state index in [1.165, 1.54) is 7.11 Å². The van der Waals surface area contributed by atoms with E-state index in [0.717, 1.165) is 4.90 Å². The molecule has 0 bridgehead atoms. The molecule has 0 saturated carbocycles. The Hall–Kier alpha value is -3.23. The van der Waals surface area contributed by atoms with Crippen LogP contribution in [0.2, 0.25) is 0 Å². The zero-order valence-electron chi connectivity index (χ0n) is 12.8. The number of carbonyl (C=O) groups excluding carboxylic acids is 3. The fourth-order valence-electron chi connectivity index (χ4n) is 2.24. The number of hydrogen-bond acceptors (Lipinski definition) is 7. The Labute approximate surface area is 136 Å². The molecule has 1 aromatic carbocycles. The van der Waals surface area contributed by atoms with Gasteiger partial charge in [-0.3, -0.25) is 24.6 Å². The lowest BCUT2D eigenvalue weighted by Crippen LogP contribution is -2.28. The van der Waals surface area contributed by atoms with Crippen molar-refractivity contribution in [2.24, 2.45) is 0 Å². The van der Waals surface area contributed by atoms with Crippen molar-refractivity contribution >= 4 is 23.7 Å². The maximum atomic E-state index is 12.1. The Kier molecular flexibility index (Phi) is 4.23. The van der Waals surface area contributed by atoms with Gasteiger partial charge in [0.25, 0.3) is 5.91 Å². The average molecular weight is 330 g/mol. The third kappa shape index (κ3) is 3.24. The molecular weight excluding hydrogens is 316 g/mol. The number of imide groups is 1. The molecule has 1 aromatic heterocycles. The molecule has 1 saturated heterocycles. The Bertz CT molecular complexity index is 785. The van der Waals surface area contributed by atoms with Crippen LogP contribution in [0.25, 0.3) is 0 Å². The number of anilines is 1. The Balaban J connectivity index is 1.66. The second-order valence-corrected chi connectivity index (χ2v) is 5.06. The number of amides is 3. The molecule has 0 unspecified atom stereocenters. The van der Waals surface area contributed by atoms with Crippen LogP contribution in [0, 0.1) is 0 Å². The maximum Gasteiger partial charge on any atom is 0.322 e. The minimum absolute atomic E-state index is 0.0690. The van der Waals surface area contributed by atoms with Crippen molar-refractivity contribution in [3.8, 4) is 5.75 Å². The van der Waals surface area contributed by atoms with Gasteiger partial charge in [-0.25, -0.2) is 0 Å². The van der Waals surface area contributed by atoms with Crippen molar-refractivity contribution in [1.82, 2.24) is 15.1 Å². The summed E-state index contributed by atoms with van der Waals surface area (Å²) in [6.45, 7) is -0.0975. The third-order valence-corrected chi connectivity index (χ3v) is 3.47. The van der Waals surface area contributed by atoms with Crippen LogP contribution in [-0.4, -0.2) is 39.9 Å². The van der Waals surface area contributed by atoms with E-state index in [1.807, 2.05) is 0 Å². The van der Waals surface area contributed by atoms with Crippen molar-refractivity contribution in [3.05, 3.63) is 35.7 Å². The molecule has 0 radical (unpaired) electrons. The second kappa shape index (κ2) is 6.49. The van der Waals surface area contributed by atoms with Crippen LogP contribution in [0.3, 0.4) is 0 Å². The zero-order valence-corrected chi connectivity index (χ0v) is 12.8. The number of benzene rings is 1. The molecule has 1 N–H and O–H groups in total. The topological polar surface area (TPSA) is 115 Å². The third-order valence-electron chi connectivity index (χ3n) is 3.47. The first-order valence-corrected chi connectivity index (χ1v) is 7.18. The number of carbonyl (C=O) groups is 3. The predicted molar refractivity (Wildman–Crippen MR) is 80.0 cm³/mol. The largest absolute Gasteiger partial charge is 0.497 e. The van der Waals surface area contributed by atoms with E-state index >= 15 is 0 Å². The second-order valence-electron chi connectivity index (χ2n) is 5.06. The first-order chi connectivity index (χ1) is 11.6. The standard InChI is InChI=1S/C15H14N4O5/c1-23-10-4-2-3-9(7-10)14(22)16-15-18-17-11(24-15)8-19-12(20)5-6-13(19)21/h2-4,7H,5-6,8H2,1H3,(H,16,18,22). The van der Waals surface area contributed by atoms with Crippen LogP contribution in [0.15, 0.2) is 28.7 Å². The van der Waals surface area contributed by atoms with Crippen molar-refractivity contribution in [2.75, 3.05) is 12.4 Å². The quantitative estimate of drug-likeness (QED) is 0.813. The van der Waals surface area contributed by atoms with Gasteiger partial charge in [-0.1, -0.05) is 11.2 Å². The van der Waals surface area contributed by atoms with Crippen LogP contribution in [0.5, 0.6) is 5.75 Å². The summed E-state index contributed by atoms with van der Waals surface area (Å²) >= 11 is 0. The highest BCUT2D eigenvalue weighted by Crippen LogP contribution is 2.17. The molecule has 1 fully saturated rings. The molecule has 3 amide bonds. The number of likely N-dealkylation sites (tertiary alicyclic amines) is 1. The van der Waals surface area contributed by atoms with Crippen LogP contribution in [-0.2, 0) is 16.1 Å². The van der Waals surface area contributed by atoms with Gasteiger partial charge in [0, 0.05) is 18.4 Å². The summed E-state index contributed by atoms with van der Waals surface area (Å²) in [6, 6.07) is 6.45. The Morgan fingerprint density at radius 3 is 2.75 bits per heavy atom. The molecule has 124 valence electrons. The molecule has 0 atom stereocenters. The van der Waals surface area contributed by atoms with E-state index in [0.29, 0.717) is 11.3 Å². The van der Waals surface area contributed by atoms with E-state index in [-0.39, 0.29) is 43.1 Å². The summed E-state index contributed by atoms with van der Waals surface area (Å²) in [6.07, 6.45) is 0.374. The number of rotatable bonds is 5. The molecule has 0 aliphatic carbocycles. The molecule has 2 heterocycles. The zero-order chi connectivity index (χ0) is 17.1. The summed E-state index contributed by atoms with van der Waals surface area (Å²) in [4.78, 5) is 36.3. The molecule has 1 aliphatic rings. The van der Waals surface area contributed by atoms with Gasteiger partial charge in [-0.15, -0.1) is 5.10 Å². The number of ether oxygens (including phenoxy) is 1. The number of methoxy groups -OCH3 is 1. The summed E-state index contributed by atoms with van der Waals surface area (Å²) in [5.74, 6) is -0.391. The Morgan fingerprint density at radius 2 is 2.04 bits per heavy atom. The lowest BCUT2D eigenvalue weighted by Gasteiger charge is -2.09. The predicted octanol–water partition coefficient (Wildman–Crippen LogP) is 0.979. The Morgan fingerprint density at radius 1 is 1.29 bits per heavy atom. The van der Waals surface area contributed by atoms with Gasteiger partial charge in [0.1, 0.15) is 12.3 Å². The molecule has 3 rings (SSSR count). The van der Waals surface area contributed by atoms with Gasteiger partial charge in [0.05, 0.1) is 7.11 Å². The molecular formula is C15H14N4O5. The minimum atomic E-state index is -0.447. The first kappa shape index (κ1) is 15.7. The lowest BCUT2D eigenvalue weighted by atomic mass is 10.2. The van der Waals surface area contributed by atoms with Crippen molar-refractivity contribution in [2.45, 2.75) is 19.4 Å². The minimum Gasteiger partial charge on any atom is -0.497 e. The number of aromatic nitrogens is 2. The van der Waals surface area contributed by atoms with E-state index in [4.69, 9.17) is 9.15 Å². The number of nitrogens with zero attached hydrogens (tertiary/aromatic N) is 3. The van der Waals surface area contributed by atoms with E-state index in [1.54, 1.807) is 24.3 Å². The molecule has 9 heteroatoms. The molecule has 9 nitrogen and oxygen atoms in total. The van der Waals surface area contributed by atoms with Gasteiger partial charge in [-0.2, -0.15) is 0 Å². The summed E-state index contributed by atoms with van der Waals surface area (Å²) in [5.41, 5.74) is 0.360. The van der Waals surface area contributed by atoms with Gasteiger partial charge in [-0.05, 0) is 18.2 Å². The van der Waals surface area contributed by atoms with Crippen LogP contribution >= 0.6 is 0 Å². The van der Waals surface area contributed by atoms with Gasteiger partial charge < -0.3 is 9.15 Å². The fraction of sp³-hybridized carbons (Fsp3) is 0.267. The van der Waals surface area contributed by atoms with E-state index in [9.17, 15) is 14.4 Å². The van der Waals surface area contributed by atoms with Gasteiger partial charge in [0.15, 0.2) is 0 Å². The normalized spacial score (nSPS) is 14.1. The monoisotopic (exact) mass is 330 g/mol. The highest BCUT2D eigenvalue weighted by molar-refractivity contribution is 6.03. The number of hydrogen-bond donors (Lipinski definition) is 1. The van der Waals surface area contributed by atoms with Crippen molar-refractivity contribution in [1.29, 1.82) is 0 Å². The number of nitrogens with one attached hydrogen (secondary N) is 1. The summed E-state index contributed by atoms with van der Waals surface area (Å²) in [7, 11) is 1.50. The van der Waals surface area contributed by atoms with Crippen LogP contribution < -0.4 is 10.1 Å². The highest BCUT2D eigenvalue weighted by Gasteiger charge is 2.30. The SMILES string of the molecule is COc1cccc(C(=O)Nc2nnc(CN3C(=O)CCC3=O)o2)c1. The molecule has 0 spiro atoms. The smallest absolute Gasteiger partial charge is 0.322 e. The first-order valence-electron chi connectivity index (χ1n) is 7.18. The molecule has 24 heavy (non-hydrogen) atoms.